The molecule has 1 aromatic carbocycles. The van der Waals surface area contributed by atoms with Crippen molar-refractivity contribution in [2.24, 2.45) is 0 Å². The number of hydrogen-bond donors (Lipinski definition) is 0. The molecule has 1 heterocycles. The Morgan fingerprint density at radius 2 is 2.11 bits per heavy atom. The molecule has 2 amide bonds. The van der Waals surface area contributed by atoms with Crippen LogP contribution in [0.5, 0.6) is 11.5 Å². The zero-order valence-electron chi connectivity index (χ0n) is 15.5. The molecule has 9 heteroatoms. The van der Waals surface area contributed by atoms with E-state index in [-0.39, 0.29) is 18.1 Å². The van der Waals surface area contributed by atoms with E-state index in [1.54, 1.807) is 25.1 Å². The van der Waals surface area contributed by atoms with Crippen molar-refractivity contribution in [3.05, 3.63) is 27.1 Å². The number of halogens is 1. The number of carbonyl (C=O) groups is 3. The van der Waals surface area contributed by atoms with E-state index in [2.05, 4.69) is 21.9 Å². The van der Waals surface area contributed by atoms with Gasteiger partial charge in [-0.2, -0.15) is 0 Å². The molecule has 148 valence electrons. The van der Waals surface area contributed by atoms with Crippen LogP contribution in [0.25, 0.3) is 6.08 Å². The topological polar surface area (TPSA) is 82.1 Å². The Labute approximate surface area is 175 Å². The van der Waals surface area contributed by atoms with Crippen LogP contribution in [0.2, 0.25) is 0 Å². The molecule has 0 unspecified atom stereocenters. The van der Waals surface area contributed by atoms with Crippen LogP contribution < -0.4 is 9.47 Å². The number of hydrogen-bond acceptors (Lipinski definition) is 7. The molecule has 28 heavy (non-hydrogen) atoms. The third-order valence-electron chi connectivity index (χ3n) is 3.72. The van der Waals surface area contributed by atoms with Crippen molar-refractivity contribution in [3.8, 4) is 23.8 Å². The number of carbonyl (C=O) groups excluding carboxylic acids is 3. The summed E-state index contributed by atoms with van der Waals surface area (Å²) in [5, 5.41) is -0.533. The molecule has 0 N–H and O–H groups in total. The molecule has 0 bridgehead atoms. The standard InChI is InChI=1S/C19H18BrNO6S/c1-5-7-27-15-10-13(20)12(8-14(15)25-4)9-16-17(22)21(19(24)28-16)11(3)18(23)26-6-2/h1,8-11H,6-7H2,2-4H3/b16-9+/t11-/m0/s1. The van der Waals surface area contributed by atoms with Crippen molar-refractivity contribution in [1.82, 2.24) is 4.90 Å². The lowest BCUT2D eigenvalue weighted by Crippen LogP contribution is -2.42. The summed E-state index contributed by atoms with van der Waals surface area (Å²) >= 11 is 4.16. The Morgan fingerprint density at radius 3 is 2.71 bits per heavy atom. The van der Waals surface area contributed by atoms with Crippen molar-refractivity contribution in [2.45, 2.75) is 19.9 Å². The lowest BCUT2D eigenvalue weighted by molar-refractivity contribution is -0.150. The van der Waals surface area contributed by atoms with Gasteiger partial charge >= 0.3 is 5.97 Å². The summed E-state index contributed by atoms with van der Waals surface area (Å²) < 4.78 is 16.2. The molecule has 0 aliphatic carbocycles. The average molecular weight is 468 g/mol. The van der Waals surface area contributed by atoms with E-state index in [1.165, 1.54) is 14.0 Å². The number of terminal acetylenes is 1. The zero-order chi connectivity index (χ0) is 20.8. The Balaban J connectivity index is 2.33. The van der Waals surface area contributed by atoms with E-state index in [0.29, 0.717) is 21.5 Å². The van der Waals surface area contributed by atoms with Crippen LogP contribution in [-0.4, -0.2) is 48.4 Å². The lowest BCUT2D eigenvalue weighted by atomic mass is 10.1. The number of thioether (sulfide) groups is 1. The number of methoxy groups -OCH3 is 1. The first kappa shape index (κ1) is 21.9. The summed E-state index contributed by atoms with van der Waals surface area (Å²) in [6.07, 6.45) is 6.75. The van der Waals surface area contributed by atoms with Gasteiger partial charge in [0.1, 0.15) is 12.6 Å². The fourth-order valence-electron chi connectivity index (χ4n) is 2.38. The fourth-order valence-corrected chi connectivity index (χ4v) is 3.71. The Morgan fingerprint density at radius 1 is 1.39 bits per heavy atom. The van der Waals surface area contributed by atoms with Crippen LogP contribution >= 0.6 is 27.7 Å². The second-order valence-corrected chi connectivity index (χ2v) is 7.34. The maximum atomic E-state index is 12.7. The number of esters is 1. The van der Waals surface area contributed by atoms with Crippen LogP contribution in [0.1, 0.15) is 19.4 Å². The minimum Gasteiger partial charge on any atom is -0.493 e. The van der Waals surface area contributed by atoms with Gasteiger partial charge in [0.25, 0.3) is 11.1 Å². The molecule has 0 radical (unpaired) electrons. The van der Waals surface area contributed by atoms with Crippen molar-refractivity contribution < 1.29 is 28.6 Å². The largest absolute Gasteiger partial charge is 0.493 e. The highest BCUT2D eigenvalue weighted by Crippen LogP contribution is 2.38. The quantitative estimate of drug-likeness (QED) is 0.345. The normalized spacial score (nSPS) is 16.1. The van der Waals surface area contributed by atoms with Gasteiger partial charge in [-0.3, -0.25) is 14.5 Å². The van der Waals surface area contributed by atoms with Gasteiger partial charge in [0.05, 0.1) is 18.6 Å². The molecule has 1 atom stereocenters. The van der Waals surface area contributed by atoms with Crippen molar-refractivity contribution in [1.29, 1.82) is 0 Å². The van der Waals surface area contributed by atoms with E-state index in [1.807, 2.05) is 0 Å². The predicted octanol–water partition coefficient (Wildman–Crippen LogP) is 3.46. The van der Waals surface area contributed by atoms with Crippen LogP contribution in [0.15, 0.2) is 21.5 Å². The van der Waals surface area contributed by atoms with E-state index in [4.69, 9.17) is 20.6 Å². The molecular weight excluding hydrogens is 450 g/mol. The van der Waals surface area contributed by atoms with Gasteiger partial charge in [0, 0.05) is 4.47 Å². The summed E-state index contributed by atoms with van der Waals surface area (Å²) in [4.78, 5) is 37.9. The number of imide groups is 1. The highest BCUT2D eigenvalue weighted by molar-refractivity contribution is 9.10. The van der Waals surface area contributed by atoms with Gasteiger partial charge in [0.15, 0.2) is 11.5 Å². The molecule has 0 aromatic heterocycles. The van der Waals surface area contributed by atoms with Gasteiger partial charge in [-0.1, -0.05) is 21.9 Å². The van der Waals surface area contributed by atoms with E-state index in [0.717, 1.165) is 16.7 Å². The Hall–Kier alpha value is -2.44. The molecule has 1 fully saturated rings. The zero-order valence-corrected chi connectivity index (χ0v) is 17.9. The molecule has 2 rings (SSSR count). The van der Waals surface area contributed by atoms with Crippen LogP contribution in [0.3, 0.4) is 0 Å². The van der Waals surface area contributed by atoms with Gasteiger partial charge in [0.2, 0.25) is 0 Å². The summed E-state index contributed by atoms with van der Waals surface area (Å²) in [7, 11) is 1.48. The second kappa shape index (κ2) is 9.66. The molecular formula is C19H18BrNO6S. The van der Waals surface area contributed by atoms with Gasteiger partial charge in [-0.25, -0.2) is 4.79 Å². The number of benzene rings is 1. The number of amides is 2. The van der Waals surface area contributed by atoms with Gasteiger partial charge < -0.3 is 14.2 Å². The molecule has 1 aliphatic heterocycles. The molecule has 0 spiro atoms. The maximum Gasteiger partial charge on any atom is 0.329 e. The fraction of sp³-hybridized carbons (Fsp3) is 0.316. The van der Waals surface area contributed by atoms with Crippen molar-refractivity contribution >= 4 is 50.9 Å². The third kappa shape index (κ3) is 4.69. The number of ether oxygens (including phenoxy) is 3. The second-order valence-electron chi connectivity index (χ2n) is 5.50. The van der Waals surface area contributed by atoms with E-state index < -0.39 is 23.2 Å². The highest BCUT2D eigenvalue weighted by Gasteiger charge is 2.41. The van der Waals surface area contributed by atoms with Crippen LogP contribution in [0.4, 0.5) is 4.79 Å². The summed E-state index contributed by atoms with van der Waals surface area (Å²) in [5.74, 6) is 2.03. The molecule has 1 aromatic rings. The van der Waals surface area contributed by atoms with Crippen LogP contribution in [-0.2, 0) is 14.3 Å². The predicted molar refractivity (Wildman–Crippen MR) is 109 cm³/mol. The minimum absolute atomic E-state index is 0.0762. The first-order chi connectivity index (χ1) is 13.3. The monoisotopic (exact) mass is 467 g/mol. The number of nitrogens with zero attached hydrogens (tertiary/aromatic N) is 1. The lowest BCUT2D eigenvalue weighted by Gasteiger charge is -2.19. The van der Waals surface area contributed by atoms with Crippen molar-refractivity contribution in [3.63, 3.8) is 0 Å². The Bertz CT molecular complexity index is 876. The third-order valence-corrected chi connectivity index (χ3v) is 5.29. The molecule has 0 saturated carbocycles. The summed E-state index contributed by atoms with van der Waals surface area (Å²) in [6.45, 7) is 3.34. The van der Waals surface area contributed by atoms with Gasteiger partial charge in [-0.15, -0.1) is 6.42 Å². The smallest absolute Gasteiger partial charge is 0.329 e. The molecule has 1 saturated heterocycles. The first-order valence-electron chi connectivity index (χ1n) is 8.21. The van der Waals surface area contributed by atoms with Crippen LogP contribution in [0, 0.1) is 12.3 Å². The number of rotatable bonds is 7. The average Bonchev–Trinajstić information content (AvgIpc) is 2.94. The van der Waals surface area contributed by atoms with Crippen molar-refractivity contribution in [2.75, 3.05) is 20.3 Å². The maximum absolute atomic E-state index is 12.7. The Kier molecular flexibility index (Phi) is 7.54. The molecule has 7 nitrogen and oxygen atoms in total. The summed E-state index contributed by atoms with van der Waals surface area (Å²) in [5.41, 5.74) is 0.596. The first-order valence-corrected chi connectivity index (χ1v) is 9.82. The van der Waals surface area contributed by atoms with Gasteiger partial charge in [-0.05, 0) is 49.4 Å². The highest BCUT2D eigenvalue weighted by atomic mass is 79.9. The summed E-state index contributed by atoms with van der Waals surface area (Å²) in [6, 6.07) is 2.31. The van der Waals surface area contributed by atoms with E-state index in [9.17, 15) is 14.4 Å². The SMILES string of the molecule is C#CCOc1cc(Br)c(/C=C2/SC(=O)N([C@@H](C)C(=O)OCC)C2=O)cc1OC. The minimum atomic E-state index is -1.00. The van der Waals surface area contributed by atoms with E-state index >= 15 is 0 Å². The molecule has 1 aliphatic rings.